The molecule has 0 fully saturated rings. The molecule has 0 nitrogen and oxygen atoms in total. The molecule has 0 aromatic rings. The topological polar surface area (TPSA) is 0 Å². The van der Waals surface area contributed by atoms with E-state index in [0.717, 1.165) is 19.3 Å². The number of hydrogen-bond acceptors (Lipinski definition) is 0. The molecule has 0 aromatic heterocycles. The highest BCUT2D eigenvalue weighted by Crippen LogP contribution is 1.91. The molecule has 0 saturated heterocycles. The van der Waals surface area contributed by atoms with Gasteiger partial charge in [-0.15, -0.1) is 11.7 Å². The molecule has 50 valence electrons. The SMILES string of the molecule is C1=CC=CCCC#CCC=1. The van der Waals surface area contributed by atoms with E-state index >= 15 is 0 Å². The third-order valence-corrected chi connectivity index (χ3v) is 1.21. The van der Waals surface area contributed by atoms with Gasteiger partial charge in [-0.1, -0.05) is 18.1 Å². The lowest BCUT2D eigenvalue weighted by atomic mass is 10.2. The van der Waals surface area contributed by atoms with E-state index in [1.54, 1.807) is 0 Å². The standard InChI is InChI=1S/C10H10/c1-2-4-6-8-10-9-7-5-3-1/h1-3,7H,4,6,9H2. The average Bonchev–Trinajstić information content (AvgIpc) is 2.01. The Morgan fingerprint density at radius 3 is 3.20 bits per heavy atom. The zero-order valence-corrected chi connectivity index (χ0v) is 5.93. The second-order valence-electron chi connectivity index (χ2n) is 2.06. The first-order valence-corrected chi connectivity index (χ1v) is 3.52. The maximum atomic E-state index is 3.07. The monoisotopic (exact) mass is 130 g/mol. The van der Waals surface area contributed by atoms with Gasteiger partial charge in [-0.05, 0) is 18.6 Å². The molecule has 0 bridgehead atoms. The summed E-state index contributed by atoms with van der Waals surface area (Å²) in [5, 5.41) is 0. The predicted octanol–water partition coefficient (Wildman–Crippen LogP) is 2.44. The third kappa shape index (κ3) is 2.97. The van der Waals surface area contributed by atoms with Crippen LogP contribution in [0.5, 0.6) is 0 Å². The van der Waals surface area contributed by atoms with Gasteiger partial charge in [0, 0.05) is 12.8 Å². The van der Waals surface area contributed by atoms with Crippen LogP contribution < -0.4 is 0 Å². The molecule has 1 aliphatic rings. The van der Waals surface area contributed by atoms with Crippen LogP contribution in [0.4, 0.5) is 0 Å². The van der Waals surface area contributed by atoms with Gasteiger partial charge in [0.05, 0.1) is 0 Å². The molecule has 0 heteroatoms. The summed E-state index contributed by atoms with van der Waals surface area (Å²) in [6.45, 7) is 0. The molecule has 0 amide bonds. The maximum Gasteiger partial charge on any atom is 0.0344 e. The van der Waals surface area contributed by atoms with Crippen LogP contribution >= 0.6 is 0 Å². The zero-order chi connectivity index (χ0) is 7.07. The quantitative estimate of drug-likeness (QED) is 0.349. The highest BCUT2D eigenvalue weighted by molar-refractivity contribution is 5.10. The fraction of sp³-hybridized carbons (Fsp3) is 0.300. The van der Waals surface area contributed by atoms with Gasteiger partial charge in [-0.2, -0.15) is 0 Å². The molecule has 0 spiro atoms. The zero-order valence-electron chi connectivity index (χ0n) is 5.93. The van der Waals surface area contributed by atoms with E-state index in [1.807, 2.05) is 18.2 Å². The van der Waals surface area contributed by atoms with Crippen molar-refractivity contribution in [3.8, 4) is 11.8 Å². The van der Waals surface area contributed by atoms with Crippen molar-refractivity contribution in [3.05, 3.63) is 30.0 Å². The van der Waals surface area contributed by atoms with Crippen LogP contribution in [0.15, 0.2) is 30.0 Å². The Bertz CT molecular complexity index is 226. The van der Waals surface area contributed by atoms with Crippen molar-refractivity contribution in [2.75, 3.05) is 0 Å². The lowest BCUT2D eigenvalue weighted by Gasteiger charge is -1.82. The summed E-state index contributed by atoms with van der Waals surface area (Å²) in [5.41, 5.74) is 3.02. The van der Waals surface area contributed by atoms with Gasteiger partial charge in [0.1, 0.15) is 0 Å². The van der Waals surface area contributed by atoms with Crippen LogP contribution in [-0.4, -0.2) is 0 Å². The van der Waals surface area contributed by atoms with Gasteiger partial charge in [0.2, 0.25) is 0 Å². The lowest BCUT2D eigenvalue weighted by Crippen LogP contribution is -1.66. The highest BCUT2D eigenvalue weighted by Gasteiger charge is 1.74. The molecule has 0 atom stereocenters. The molecule has 0 radical (unpaired) electrons. The van der Waals surface area contributed by atoms with Crippen molar-refractivity contribution in [2.45, 2.75) is 19.3 Å². The van der Waals surface area contributed by atoms with Crippen molar-refractivity contribution >= 4 is 0 Å². The molecule has 0 heterocycles. The largest absolute Gasteiger partial charge is 0.124 e. The van der Waals surface area contributed by atoms with Crippen LogP contribution in [0.2, 0.25) is 0 Å². The molecular weight excluding hydrogens is 120 g/mol. The normalized spacial score (nSPS) is 16.0. The Kier molecular flexibility index (Phi) is 3.24. The second-order valence-corrected chi connectivity index (χ2v) is 2.06. The molecule has 1 aliphatic carbocycles. The van der Waals surface area contributed by atoms with Crippen molar-refractivity contribution in [1.82, 2.24) is 0 Å². The van der Waals surface area contributed by atoms with E-state index in [0.29, 0.717) is 0 Å². The Hall–Kier alpha value is -1.18. The Balaban J connectivity index is 2.60. The maximum absolute atomic E-state index is 3.07. The summed E-state index contributed by atoms with van der Waals surface area (Å²) in [5.74, 6) is 6.10. The smallest absolute Gasteiger partial charge is 0.0344 e. The average molecular weight is 130 g/mol. The summed E-state index contributed by atoms with van der Waals surface area (Å²) >= 11 is 0. The van der Waals surface area contributed by atoms with Gasteiger partial charge in [0.25, 0.3) is 0 Å². The Morgan fingerprint density at radius 2 is 2.20 bits per heavy atom. The van der Waals surface area contributed by atoms with Crippen LogP contribution in [0, 0.1) is 11.8 Å². The van der Waals surface area contributed by atoms with Crippen LogP contribution in [0.25, 0.3) is 0 Å². The van der Waals surface area contributed by atoms with Gasteiger partial charge in [0.15, 0.2) is 0 Å². The van der Waals surface area contributed by atoms with Crippen LogP contribution in [0.1, 0.15) is 19.3 Å². The van der Waals surface area contributed by atoms with Crippen LogP contribution in [-0.2, 0) is 0 Å². The fourth-order valence-corrected chi connectivity index (χ4v) is 0.714. The van der Waals surface area contributed by atoms with Gasteiger partial charge >= 0.3 is 0 Å². The van der Waals surface area contributed by atoms with Crippen molar-refractivity contribution in [3.63, 3.8) is 0 Å². The number of rotatable bonds is 0. The summed E-state index contributed by atoms with van der Waals surface area (Å²) < 4.78 is 0. The van der Waals surface area contributed by atoms with Crippen molar-refractivity contribution in [2.24, 2.45) is 0 Å². The van der Waals surface area contributed by atoms with E-state index in [-0.39, 0.29) is 0 Å². The molecular formula is C10H10. The predicted molar refractivity (Wildman–Crippen MR) is 43.4 cm³/mol. The molecule has 0 N–H and O–H groups in total. The molecule has 10 heavy (non-hydrogen) atoms. The van der Waals surface area contributed by atoms with Gasteiger partial charge in [-0.3, -0.25) is 0 Å². The molecule has 0 unspecified atom stereocenters. The number of allylic oxidation sites excluding steroid dienone is 3. The first kappa shape index (κ1) is 6.93. The lowest BCUT2D eigenvalue weighted by molar-refractivity contribution is 1.08. The van der Waals surface area contributed by atoms with Gasteiger partial charge < -0.3 is 0 Å². The molecule has 1 rings (SSSR count). The highest BCUT2D eigenvalue weighted by atomic mass is 13.8. The van der Waals surface area contributed by atoms with E-state index < -0.39 is 0 Å². The van der Waals surface area contributed by atoms with E-state index in [9.17, 15) is 0 Å². The van der Waals surface area contributed by atoms with E-state index in [2.05, 4.69) is 23.6 Å². The summed E-state index contributed by atoms with van der Waals surface area (Å²) in [6.07, 6.45) is 10.9. The minimum Gasteiger partial charge on any atom is -0.124 e. The second kappa shape index (κ2) is 4.68. The Morgan fingerprint density at radius 1 is 1.20 bits per heavy atom. The molecule has 0 aliphatic heterocycles. The molecule has 0 aromatic carbocycles. The van der Waals surface area contributed by atoms with E-state index in [4.69, 9.17) is 0 Å². The molecule has 0 saturated carbocycles. The van der Waals surface area contributed by atoms with Gasteiger partial charge in [-0.25, -0.2) is 0 Å². The first-order valence-electron chi connectivity index (χ1n) is 3.52. The minimum absolute atomic E-state index is 0.838. The summed E-state index contributed by atoms with van der Waals surface area (Å²) in [4.78, 5) is 0. The Labute approximate surface area is 61.9 Å². The number of hydrogen-bond donors (Lipinski definition) is 0. The summed E-state index contributed by atoms with van der Waals surface area (Å²) in [6, 6.07) is 0. The first-order chi connectivity index (χ1) is 5.00. The third-order valence-electron chi connectivity index (χ3n) is 1.21. The van der Waals surface area contributed by atoms with Crippen molar-refractivity contribution < 1.29 is 0 Å². The summed E-state index contributed by atoms with van der Waals surface area (Å²) in [7, 11) is 0. The van der Waals surface area contributed by atoms with Crippen molar-refractivity contribution in [1.29, 1.82) is 0 Å². The fourth-order valence-electron chi connectivity index (χ4n) is 0.714. The van der Waals surface area contributed by atoms with E-state index in [1.165, 1.54) is 0 Å². The van der Waals surface area contributed by atoms with Crippen LogP contribution in [0.3, 0.4) is 0 Å². The minimum atomic E-state index is 0.838.